The number of fused-ring (bicyclic) bond motifs is 1. The summed E-state index contributed by atoms with van der Waals surface area (Å²) in [4.78, 5) is 7.08. The Labute approximate surface area is 129 Å². The zero-order chi connectivity index (χ0) is 14.1. The maximum absolute atomic E-state index is 6.24. The second-order valence-electron chi connectivity index (χ2n) is 5.60. The minimum Gasteiger partial charge on any atom is -0.372 e. The molecular weight excluding hydrogens is 295 g/mol. The predicted molar refractivity (Wildman–Crippen MR) is 85.0 cm³/mol. The molecule has 2 unspecified atom stereocenters. The average molecular weight is 315 g/mol. The molecule has 0 saturated carbocycles. The fraction of sp³-hybridized carbons (Fsp3) is 0.643. The lowest BCUT2D eigenvalue weighted by Crippen LogP contribution is -2.42. The number of rotatable bonds is 3. The first kappa shape index (κ1) is 14.2. The molecule has 6 heteroatoms. The van der Waals surface area contributed by atoms with Gasteiger partial charge in [0.2, 0.25) is 0 Å². The maximum Gasteiger partial charge on any atom is 0.147 e. The van der Waals surface area contributed by atoms with Crippen LogP contribution in [0.15, 0.2) is 6.07 Å². The van der Waals surface area contributed by atoms with Gasteiger partial charge in [-0.3, -0.25) is 0 Å². The molecule has 0 aromatic carbocycles. The number of hydrogen-bond donors (Lipinski definition) is 2. The predicted octanol–water partition coefficient (Wildman–Crippen LogP) is 3.47. The molecule has 1 aromatic rings. The number of nitrogens with zero attached hydrogens (tertiary/aromatic N) is 2. The van der Waals surface area contributed by atoms with Crippen molar-refractivity contribution in [2.45, 2.75) is 37.8 Å². The van der Waals surface area contributed by atoms with E-state index in [4.69, 9.17) is 23.2 Å². The highest BCUT2D eigenvalue weighted by Crippen LogP contribution is 2.32. The normalized spacial score (nSPS) is 26.4. The lowest BCUT2D eigenvalue weighted by atomic mass is 9.97. The van der Waals surface area contributed by atoms with Gasteiger partial charge in [0.15, 0.2) is 0 Å². The summed E-state index contributed by atoms with van der Waals surface area (Å²) in [6, 6.07) is 2.93. The molecule has 1 aromatic heterocycles. The number of pyridine rings is 1. The Morgan fingerprint density at radius 1 is 1.20 bits per heavy atom. The summed E-state index contributed by atoms with van der Waals surface area (Å²) >= 11 is 12.3. The standard InChI is InChI=1S/C14H20Cl2N4/c1-17-13-11(15)8-12(16)14(19-13)18-9-4-6-20-5-2-3-10(20)7-9/h8-10H,2-7H2,1H3,(H2,17,18,19). The largest absolute Gasteiger partial charge is 0.372 e. The molecule has 20 heavy (non-hydrogen) atoms. The first-order chi connectivity index (χ1) is 9.67. The summed E-state index contributed by atoms with van der Waals surface area (Å²) in [6.45, 7) is 2.44. The molecule has 0 spiro atoms. The van der Waals surface area contributed by atoms with E-state index in [0.29, 0.717) is 21.9 Å². The third kappa shape index (κ3) is 2.83. The van der Waals surface area contributed by atoms with Gasteiger partial charge in [0.25, 0.3) is 0 Å². The molecule has 0 bridgehead atoms. The van der Waals surface area contributed by atoms with Crippen molar-refractivity contribution in [3.05, 3.63) is 16.1 Å². The summed E-state index contributed by atoms with van der Waals surface area (Å²) in [7, 11) is 1.81. The molecule has 2 saturated heterocycles. The third-order valence-electron chi connectivity index (χ3n) is 4.33. The van der Waals surface area contributed by atoms with E-state index in [9.17, 15) is 0 Å². The third-order valence-corrected chi connectivity index (χ3v) is 4.90. The van der Waals surface area contributed by atoms with E-state index in [1.54, 1.807) is 6.07 Å². The van der Waals surface area contributed by atoms with Gasteiger partial charge in [-0.1, -0.05) is 23.2 Å². The van der Waals surface area contributed by atoms with Crippen LogP contribution in [0.25, 0.3) is 0 Å². The first-order valence-electron chi connectivity index (χ1n) is 7.21. The summed E-state index contributed by atoms with van der Waals surface area (Å²) in [5.74, 6) is 1.40. The SMILES string of the molecule is CNc1nc(NC2CCN3CCCC3C2)c(Cl)cc1Cl. The van der Waals surface area contributed by atoms with Crippen molar-refractivity contribution in [3.8, 4) is 0 Å². The lowest BCUT2D eigenvalue weighted by Gasteiger charge is -2.35. The maximum atomic E-state index is 6.24. The number of nitrogens with one attached hydrogen (secondary N) is 2. The lowest BCUT2D eigenvalue weighted by molar-refractivity contribution is 0.188. The molecule has 0 amide bonds. The number of halogens is 2. The van der Waals surface area contributed by atoms with Crippen molar-refractivity contribution < 1.29 is 0 Å². The molecule has 2 aliphatic heterocycles. The van der Waals surface area contributed by atoms with Crippen molar-refractivity contribution in [1.82, 2.24) is 9.88 Å². The minimum absolute atomic E-state index is 0.449. The van der Waals surface area contributed by atoms with Gasteiger partial charge < -0.3 is 15.5 Å². The molecule has 3 rings (SSSR count). The highest BCUT2D eigenvalue weighted by atomic mass is 35.5. The van der Waals surface area contributed by atoms with Crippen LogP contribution in [0.3, 0.4) is 0 Å². The van der Waals surface area contributed by atoms with E-state index < -0.39 is 0 Å². The highest BCUT2D eigenvalue weighted by molar-refractivity contribution is 6.37. The van der Waals surface area contributed by atoms with Crippen LogP contribution in [0.5, 0.6) is 0 Å². The second-order valence-corrected chi connectivity index (χ2v) is 6.41. The number of piperidine rings is 1. The molecule has 110 valence electrons. The van der Waals surface area contributed by atoms with Gasteiger partial charge in [0.05, 0.1) is 10.0 Å². The van der Waals surface area contributed by atoms with Crippen LogP contribution < -0.4 is 10.6 Å². The topological polar surface area (TPSA) is 40.2 Å². The summed E-state index contributed by atoms with van der Waals surface area (Å²) in [5.41, 5.74) is 0. The molecular formula is C14H20Cl2N4. The van der Waals surface area contributed by atoms with E-state index in [-0.39, 0.29) is 0 Å². The van der Waals surface area contributed by atoms with E-state index in [1.807, 2.05) is 7.05 Å². The molecule has 2 atom stereocenters. The van der Waals surface area contributed by atoms with Crippen LogP contribution >= 0.6 is 23.2 Å². The summed E-state index contributed by atoms with van der Waals surface area (Å²) in [6.07, 6.45) is 4.98. The summed E-state index contributed by atoms with van der Waals surface area (Å²) in [5, 5.41) is 7.62. The van der Waals surface area contributed by atoms with Gasteiger partial charge >= 0.3 is 0 Å². The van der Waals surface area contributed by atoms with Gasteiger partial charge in [-0.25, -0.2) is 4.98 Å². The second kappa shape index (κ2) is 5.96. The Morgan fingerprint density at radius 2 is 2.00 bits per heavy atom. The van der Waals surface area contributed by atoms with Crippen LogP contribution in [0, 0.1) is 0 Å². The zero-order valence-corrected chi connectivity index (χ0v) is 13.1. The monoisotopic (exact) mass is 314 g/mol. The Kier molecular flexibility index (Phi) is 4.24. The molecule has 0 radical (unpaired) electrons. The Hall–Kier alpha value is -0.710. The quantitative estimate of drug-likeness (QED) is 0.896. The molecule has 2 N–H and O–H groups in total. The average Bonchev–Trinajstić information content (AvgIpc) is 2.89. The van der Waals surface area contributed by atoms with Crippen LogP contribution in [0.1, 0.15) is 25.7 Å². The molecule has 2 aliphatic rings. The van der Waals surface area contributed by atoms with E-state index >= 15 is 0 Å². The van der Waals surface area contributed by atoms with Crippen LogP contribution in [0.2, 0.25) is 10.0 Å². The van der Waals surface area contributed by atoms with E-state index in [2.05, 4.69) is 20.5 Å². The summed E-state index contributed by atoms with van der Waals surface area (Å²) < 4.78 is 0. The van der Waals surface area contributed by atoms with Crippen molar-refractivity contribution in [2.75, 3.05) is 30.8 Å². The minimum atomic E-state index is 0.449. The van der Waals surface area contributed by atoms with Gasteiger partial charge in [0.1, 0.15) is 11.6 Å². The van der Waals surface area contributed by atoms with Crippen LogP contribution in [-0.2, 0) is 0 Å². The Bertz CT molecular complexity index is 494. The van der Waals surface area contributed by atoms with Crippen molar-refractivity contribution in [1.29, 1.82) is 0 Å². The van der Waals surface area contributed by atoms with Gasteiger partial charge in [-0.05, 0) is 38.3 Å². The van der Waals surface area contributed by atoms with Crippen LogP contribution in [-0.4, -0.2) is 42.1 Å². The van der Waals surface area contributed by atoms with Gasteiger partial charge in [-0.2, -0.15) is 0 Å². The van der Waals surface area contributed by atoms with E-state index in [0.717, 1.165) is 18.3 Å². The zero-order valence-electron chi connectivity index (χ0n) is 11.6. The Morgan fingerprint density at radius 3 is 2.80 bits per heavy atom. The van der Waals surface area contributed by atoms with Crippen molar-refractivity contribution >= 4 is 34.8 Å². The van der Waals surface area contributed by atoms with Gasteiger partial charge in [-0.15, -0.1) is 0 Å². The van der Waals surface area contributed by atoms with E-state index in [1.165, 1.54) is 32.4 Å². The Balaban J connectivity index is 1.71. The molecule has 3 heterocycles. The number of hydrogen-bond acceptors (Lipinski definition) is 4. The molecule has 4 nitrogen and oxygen atoms in total. The molecule has 2 fully saturated rings. The highest BCUT2D eigenvalue weighted by Gasteiger charge is 2.31. The van der Waals surface area contributed by atoms with Crippen molar-refractivity contribution in [3.63, 3.8) is 0 Å². The fourth-order valence-corrected chi connectivity index (χ4v) is 3.80. The smallest absolute Gasteiger partial charge is 0.147 e. The molecule has 0 aliphatic carbocycles. The fourth-order valence-electron chi connectivity index (χ4n) is 3.29. The first-order valence-corrected chi connectivity index (χ1v) is 7.97. The van der Waals surface area contributed by atoms with Gasteiger partial charge in [0, 0.05) is 25.7 Å². The number of aromatic nitrogens is 1. The number of anilines is 2. The van der Waals surface area contributed by atoms with Crippen molar-refractivity contribution in [2.24, 2.45) is 0 Å². The van der Waals surface area contributed by atoms with Crippen LogP contribution in [0.4, 0.5) is 11.6 Å².